The summed E-state index contributed by atoms with van der Waals surface area (Å²) in [6.45, 7) is 0.553. The van der Waals surface area contributed by atoms with Gasteiger partial charge < -0.3 is 20.5 Å². The molecule has 168 valence electrons. The minimum Gasteiger partial charge on any atom is -0.495 e. The second-order valence-electron chi connectivity index (χ2n) is 7.88. The Labute approximate surface area is 194 Å². The van der Waals surface area contributed by atoms with Gasteiger partial charge in [0.2, 0.25) is 0 Å². The number of hydrogen-bond donors (Lipinski definition) is 3. The van der Waals surface area contributed by atoms with Crippen molar-refractivity contribution in [2.45, 2.75) is 19.1 Å². The average Bonchev–Trinajstić information content (AvgIpc) is 2.87. The molecule has 0 aliphatic heterocycles. The number of fused-ring (bicyclic) bond motifs is 1. The molecule has 5 heteroatoms. The number of amides is 1. The van der Waals surface area contributed by atoms with E-state index in [-0.39, 0.29) is 5.91 Å². The summed E-state index contributed by atoms with van der Waals surface area (Å²) < 4.78 is 5.47. The molecule has 0 aliphatic carbocycles. The number of hydrogen-bond acceptors (Lipinski definition) is 4. The van der Waals surface area contributed by atoms with E-state index in [0.29, 0.717) is 29.1 Å². The maximum atomic E-state index is 12.9. The lowest BCUT2D eigenvalue weighted by molar-refractivity contribution is 0.0953. The van der Waals surface area contributed by atoms with Crippen molar-refractivity contribution in [2.24, 2.45) is 0 Å². The van der Waals surface area contributed by atoms with E-state index in [1.165, 1.54) is 5.56 Å². The van der Waals surface area contributed by atoms with Crippen LogP contribution in [0.2, 0.25) is 0 Å². The third kappa shape index (κ3) is 5.51. The highest BCUT2D eigenvalue weighted by atomic mass is 16.5. The van der Waals surface area contributed by atoms with Crippen molar-refractivity contribution in [1.29, 1.82) is 0 Å². The maximum absolute atomic E-state index is 12.9. The molecule has 0 fully saturated rings. The lowest BCUT2D eigenvalue weighted by atomic mass is 10.1. The number of anilines is 1. The largest absolute Gasteiger partial charge is 0.495 e. The standard InChI is InChI=1S/C28H28N2O3/c1-33-25-15-7-14-24(28(32)29-18-8-11-20-9-3-2-4-10-20)26(25)30-27(31)23-17-16-21-12-5-6-13-22(21)19-23/h2-7,9-10,12-17,19,27,30-31H,8,11,18H2,1H3,(H,29,32). The second kappa shape index (κ2) is 10.7. The van der Waals surface area contributed by atoms with Crippen LogP contribution in [0.4, 0.5) is 5.69 Å². The molecule has 5 nitrogen and oxygen atoms in total. The number of carbonyl (C=O) groups excluding carboxylic acids is 1. The van der Waals surface area contributed by atoms with Gasteiger partial charge in [-0.15, -0.1) is 0 Å². The first-order valence-corrected chi connectivity index (χ1v) is 11.1. The Morgan fingerprint density at radius 1 is 0.909 bits per heavy atom. The summed E-state index contributed by atoms with van der Waals surface area (Å²) in [5.41, 5.74) is 2.83. The third-order valence-corrected chi connectivity index (χ3v) is 5.63. The van der Waals surface area contributed by atoms with E-state index in [4.69, 9.17) is 4.74 Å². The Morgan fingerprint density at radius 3 is 2.45 bits per heavy atom. The van der Waals surface area contributed by atoms with Gasteiger partial charge in [-0.05, 0) is 47.4 Å². The number of benzene rings is 4. The highest BCUT2D eigenvalue weighted by Gasteiger charge is 2.19. The molecule has 4 aromatic carbocycles. The molecule has 33 heavy (non-hydrogen) atoms. The molecule has 0 bridgehead atoms. The maximum Gasteiger partial charge on any atom is 0.253 e. The summed E-state index contributed by atoms with van der Waals surface area (Å²) in [4.78, 5) is 12.9. The van der Waals surface area contributed by atoms with Crippen LogP contribution in [0.1, 0.15) is 34.1 Å². The molecule has 4 aromatic rings. The Balaban J connectivity index is 1.47. The van der Waals surface area contributed by atoms with E-state index in [1.54, 1.807) is 25.3 Å². The van der Waals surface area contributed by atoms with Crippen molar-refractivity contribution in [3.05, 3.63) is 108 Å². The molecule has 1 atom stereocenters. The number of para-hydroxylation sites is 1. The van der Waals surface area contributed by atoms with Gasteiger partial charge in [-0.1, -0.05) is 72.8 Å². The normalized spacial score (nSPS) is 11.7. The minimum atomic E-state index is -1.00. The van der Waals surface area contributed by atoms with Crippen molar-refractivity contribution in [2.75, 3.05) is 19.0 Å². The Morgan fingerprint density at radius 2 is 1.67 bits per heavy atom. The lowest BCUT2D eigenvalue weighted by Crippen LogP contribution is -2.26. The fourth-order valence-corrected chi connectivity index (χ4v) is 3.87. The van der Waals surface area contributed by atoms with Crippen LogP contribution in [0, 0.1) is 0 Å². The van der Waals surface area contributed by atoms with E-state index in [9.17, 15) is 9.90 Å². The zero-order valence-corrected chi connectivity index (χ0v) is 18.6. The zero-order valence-electron chi connectivity index (χ0n) is 18.6. The zero-order chi connectivity index (χ0) is 23.0. The highest BCUT2D eigenvalue weighted by Crippen LogP contribution is 2.32. The van der Waals surface area contributed by atoms with Crippen LogP contribution in [0.5, 0.6) is 5.75 Å². The first-order valence-electron chi connectivity index (χ1n) is 11.1. The summed E-state index contributed by atoms with van der Waals surface area (Å²) in [5, 5.41) is 19.1. The lowest BCUT2D eigenvalue weighted by Gasteiger charge is -2.20. The molecule has 0 saturated carbocycles. The summed E-state index contributed by atoms with van der Waals surface area (Å²) in [7, 11) is 1.55. The van der Waals surface area contributed by atoms with Crippen molar-refractivity contribution in [3.63, 3.8) is 0 Å². The van der Waals surface area contributed by atoms with Gasteiger partial charge in [-0.2, -0.15) is 0 Å². The molecule has 3 N–H and O–H groups in total. The van der Waals surface area contributed by atoms with Crippen LogP contribution < -0.4 is 15.4 Å². The van der Waals surface area contributed by atoms with Crippen molar-refractivity contribution >= 4 is 22.4 Å². The number of rotatable bonds is 9. The first-order chi connectivity index (χ1) is 16.2. The fraction of sp³-hybridized carbons (Fsp3) is 0.179. The fourth-order valence-electron chi connectivity index (χ4n) is 3.87. The first kappa shape index (κ1) is 22.4. The molecule has 0 spiro atoms. The molecule has 0 saturated heterocycles. The predicted molar refractivity (Wildman–Crippen MR) is 133 cm³/mol. The van der Waals surface area contributed by atoms with Crippen LogP contribution in [-0.4, -0.2) is 24.7 Å². The van der Waals surface area contributed by atoms with Gasteiger partial charge in [-0.25, -0.2) is 0 Å². The summed E-state index contributed by atoms with van der Waals surface area (Å²) >= 11 is 0. The van der Waals surface area contributed by atoms with Crippen LogP contribution >= 0.6 is 0 Å². The average molecular weight is 441 g/mol. The Kier molecular flexibility index (Phi) is 7.22. The van der Waals surface area contributed by atoms with Gasteiger partial charge >= 0.3 is 0 Å². The number of aryl methyl sites for hydroxylation is 1. The minimum absolute atomic E-state index is 0.213. The number of methoxy groups -OCH3 is 1. The van der Waals surface area contributed by atoms with Gasteiger partial charge in [0.1, 0.15) is 5.75 Å². The molecular weight excluding hydrogens is 412 g/mol. The molecule has 0 aromatic heterocycles. The van der Waals surface area contributed by atoms with Gasteiger partial charge in [-0.3, -0.25) is 4.79 Å². The summed E-state index contributed by atoms with van der Waals surface area (Å²) in [6.07, 6.45) is 0.725. The SMILES string of the molecule is COc1cccc(C(=O)NCCCc2ccccc2)c1NC(O)c1ccc2ccccc2c1. The van der Waals surface area contributed by atoms with Crippen LogP contribution in [0.3, 0.4) is 0 Å². The van der Waals surface area contributed by atoms with E-state index < -0.39 is 6.23 Å². The Bertz CT molecular complexity index is 1220. The van der Waals surface area contributed by atoms with Gasteiger partial charge in [0.15, 0.2) is 6.23 Å². The van der Waals surface area contributed by atoms with Crippen LogP contribution in [-0.2, 0) is 6.42 Å². The highest BCUT2D eigenvalue weighted by molar-refractivity contribution is 6.01. The number of carbonyl (C=O) groups is 1. The molecule has 0 heterocycles. The topological polar surface area (TPSA) is 70.6 Å². The number of aliphatic hydroxyl groups excluding tert-OH is 1. The van der Waals surface area contributed by atoms with E-state index >= 15 is 0 Å². The molecule has 4 rings (SSSR count). The van der Waals surface area contributed by atoms with Gasteiger partial charge in [0, 0.05) is 12.1 Å². The summed E-state index contributed by atoms with van der Waals surface area (Å²) in [5.74, 6) is 0.280. The smallest absolute Gasteiger partial charge is 0.253 e. The van der Waals surface area contributed by atoms with Crippen molar-refractivity contribution < 1.29 is 14.6 Å². The van der Waals surface area contributed by atoms with Crippen molar-refractivity contribution in [3.8, 4) is 5.75 Å². The predicted octanol–water partition coefficient (Wildman–Crippen LogP) is 5.31. The third-order valence-electron chi connectivity index (χ3n) is 5.63. The van der Waals surface area contributed by atoms with Gasteiger partial charge in [0.25, 0.3) is 5.91 Å². The molecule has 0 aliphatic rings. The Hall–Kier alpha value is -3.83. The monoisotopic (exact) mass is 440 g/mol. The van der Waals surface area contributed by atoms with Gasteiger partial charge in [0.05, 0.1) is 18.4 Å². The van der Waals surface area contributed by atoms with Crippen LogP contribution in [0.15, 0.2) is 91.0 Å². The molecule has 1 amide bonds. The molecular formula is C28H28N2O3. The summed E-state index contributed by atoms with van der Waals surface area (Å²) in [6, 6.07) is 29.2. The quantitative estimate of drug-likeness (QED) is 0.244. The van der Waals surface area contributed by atoms with E-state index in [0.717, 1.165) is 23.6 Å². The molecule has 1 unspecified atom stereocenters. The van der Waals surface area contributed by atoms with E-state index in [2.05, 4.69) is 22.8 Å². The number of aliphatic hydroxyl groups is 1. The number of ether oxygens (including phenoxy) is 1. The molecule has 0 radical (unpaired) electrons. The number of nitrogens with one attached hydrogen (secondary N) is 2. The van der Waals surface area contributed by atoms with Crippen molar-refractivity contribution in [1.82, 2.24) is 5.32 Å². The van der Waals surface area contributed by atoms with E-state index in [1.807, 2.05) is 60.7 Å². The van der Waals surface area contributed by atoms with Crippen LogP contribution in [0.25, 0.3) is 10.8 Å². The second-order valence-corrected chi connectivity index (χ2v) is 7.88.